The van der Waals surface area contributed by atoms with Gasteiger partial charge in [-0.25, -0.2) is 9.48 Å². The second-order valence-corrected chi connectivity index (χ2v) is 4.71. The predicted octanol–water partition coefficient (Wildman–Crippen LogP) is 0.805. The lowest BCUT2D eigenvalue weighted by Gasteiger charge is -2.25. The highest BCUT2D eigenvalue weighted by Crippen LogP contribution is 2.19. The van der Waals surface area contributed by atoms with E-state index >= 15 is 0 Å². The predicted molar refractivity (Wildman–Crippen MR) is 72.5 cm³/mol. The summed E-state index contributed by atoms with van der Waals surface area (Å²) in [5, 5.41) is 18.2. The van der Waals surface area contributed by atoms with Crippen LogP contribution in [-0.2, 0) is 22.4 Å². The Balaban J connectivity index is 3.06. The average molecular weight is 285 g/mol. The molecule has 0 saturated carbocycles. The van der Waals surface area contributed by atoms with Crippen molar-refractivity contribution in [1.82, 2.24) is 15.0 Å². The second kappa shape index (κ2) is 7.35. The normalized spacial score (nSPS) is 11.7. The summed E-state index contributed by atoms with van der Waals surface area (Å²) >= 11 is 0. The highest BCUT2D eigenvalue weighted by atomic mass is 16.5. The number of methoxy groups -OCH3 is 2. The zero-order valence-corrected chi connectivity index (χ0v) is 12.5. The van der Waals surface area contributed by atoms with Gasteiger partial charge in [-0.1, -0.05) is 19.1 Å². The van der Waals surface area contributed by atoms with Crippen molar-refractivity contribution in [1.29, 1.82) is 0 Å². The lowest BCUT2D eigenvalue weighted by Crippen LogP contribution is -2.34. The van der Waals surface area contributed by atoms with Gasteiger partial charge in [0.15, 0.2) is 5.69 Å². The third kappa shape index (κ3) is 3.77. The van der Waals surface area contributed by atoms with Crippen molar-refractivity contribution in [3.8, 4) is 0 Å². The van der Waals surface area contributed by atoms with Gasteiger partial charge in [0.1, 0.15) is 0 Å². The van der Waals surface area contributed by atoms with Crippen LogP contribution in [0, 0.1) is 0 Å². The Morgan fingerprint density at radius 2 is 2.00 bits per heavy atom. The smallest absolute Gasteiger partial charge is 0.360 e. The van der Waals surface area contributed by atoms with E-state index in [2.05, 4.69) is 10.3 Å². The number of hydrogen-bond acceptors (Lipinski definition) is 6. The number of esters is 1. The first kappa shape index (κ1) is 16.6. The molecular formula is C13H23N3O4. The minimum absolute atomic E-state index is 0.180. The van der Waals surface area contributed by atoms with Gasteiger partial charge in [-0.05, 0) is 12.8 Å². The van der Waals surface area contributed by atoms with Crippen LogP contribution in [0.1, 0.15) is 42.9 Å². The van der Waals surface area contributed by atoms with Gasteiger partial charge in [-0.2, -0.15) is 0 Å². The first-order chi connectivity index (χ1) is 9.51. The molecule has 114 valence electrons. The van der Waals surface area contributed by atoms with E-state index in [4.69, 9.17) is 9.47 Å². The molecule has 0 amide bonds. The van der Waals surface area contributed by atoms with Gasteiger partial charge in [-0.15, -0.1) is 5.10 Å². The first-order valence-electron chi connectivity index (χ1n) is 6.73. The molecule has 0 aliphatic rings. The van der Waals surface area contributed by atoms with E-state index in [1.54, 1.807) is 11.8 Å². The maximum absolute atomic E-state index is 11.7. The van der Waals surface area contributed by atoms with Gasteiger partial charge in [0.25, 0.3) is 0 Å². The van der Waals surface area contributed by atoms with E-state index in [1.165, 1.54) is 7.11 Å². The summed E-state index contributed by atoms with van der Waals surface area (Å²) in [5.74, 6) is -0.529. The van der Waals surface area contributed by atoms with Crippen LogP contribution in [-0.4, -0.2) is 52.5 Å². The molecule has 0 unspecified atom stereocenters. The number of carbonyl (C=O) groups excluding carboxylic acids is 1. The zero-order chi connectivity index (χ0) is 15.2. The van der Waals surface area contributed by atoms with Crippen LogP contribution in [0.2, 0.25) is 0 Å². The van der Waals surface area contributed by atoms with Crippen LogP contribution in [0.3, 0.4) is 0 Å². The van der Waals surface area contributed by atoms with Crippen molar-refractivity contribution in [2.45, 2.75) is 45.3 Å². The summed E-state index contributed by atoms with van der Waals surface area (Å²) in [5.41, 5.74) is -0.0544. The molecular weight excluding hydrogens is 262 g/mol. The second-order valence-electron chi connectivity index (χ2n) is 4.71. The molecule has 0 aliphatic heterocycles. The SMILES string of the molecule is CCC(O)(CC)Cn1nnc(C(=O)OC)c1CCOC. The molecule has 1 heterocycles. The van der Waals surface area contributed by atoms with Gasteiger partial charge >= 0.3 is 5.97 Å². The summed E-state index contributed by atoms with van der Waals surface area (Å²) in [7, 11) is 2.89. The van der Waals surface area contributed by atoms with Crippen LogP contribution in [0.15, 0.2) is 0 Å². The first-order valence-corrected chi connectivity index (χ1v) is 6.73. The number of aliphatic hydroxyl groups is 1. The molecule has 1 N–H and O–H groups in total. The highest BCUT2D eigenvalue weighted by molar-refractivity contribution is 5.88. The van der Waals surface area contributed by atoms with E-state index in [9.17, 15) is 9.90 Å². The topological polar surface area (TPSA) is 86.5 Å². The zero-order valence-electron chi connectivity index (χ0n) is 12.5. The van der Waals surface area contributed by atoms with Gasteiger partial charge < -0.3 is 14.6 Å². The van der Waals surface area contributed by atoms with Crippen LogP contribution >= 0.6 is 0 Å². The van der Waals surface area contributed by atoms with Gasteiger partial charge in [0.05, 0.1) is 31.6 Å². The molecule has 0 bridgehead atoms. The van der Waals surface area contributed by atoms with E-state index in [0.29, 0.717) is 38.1 Å². The lowest BCUT2D eigenvalue weighted by atomic mass is 9.97. The van der Waals surface area contributed by atoms with Gasteiger partial charge in [-0.3, -0.25) is 0 Å². The van der Waals surface area contributed by atoms with Crippen molar-refractivity contribution in [2.24, 2.45) is 0 Å². The fourth-order valence-electron chi connectivity index (χ4n) is 1.91. The molecule has 0 saturated heterocycles. The van der Waals surface area contributed by atoms with Gasteiger partial charge in [0, 0.05) is 13.5 Å². The Kier molecular flexibility index (Phi) is 6.09. The molecule has 7 nitrogen and oxygen atoms in total. The Morgan fingerprint density at radius 1 is 1.35 bits per heavy atom. The molecule has 0 fully saturated rings. The third-order valence-corrected chi connectivity index (χ3v) is 3.52. The van der Waals surface area contributed by atoms with Crippen LogP contribution in [0.5, 0.6) is 0 Å². The minimum Gasteiger partial charge on any atom is -0.464 e. The summed E-state index contributed by atoms with van der Waals surface area (Å²) < 4.78 is 11.3. The van der Waals surface area contributed by atoms with Crippen molar-refractivity contribution >= 4 is 5.97 Å². The summed E-state index contributed by atoms with van der Waals surface area (Å²) in [6.07, 6.45) is 1.68. The Labute approximate surface area is 118 Å². The average Bonchev–Trinajstić information content (AvgIpc) is 2.86. The lowest BCUT2D eigenvalue weighted by molar-refractivity contribution is 0.0103. The molecule has 0 atom stereocenters. The van der Waals surface area contributed by atoms with E-state index in [0.717, 1.165) is 0 Å². The molecule has 1 aromatic rings. The van der Waals surface area contributed by atoms with E-state index in [-0.39, 0.29) is 5.69 Å². The number of hydrogen-bond donors (Lipinski definition) is 1. The standard InChI is InChI=1S/C13H23N3O4/c1-5-13(18,6-2)9-16-10(7-8-19-3)11(14-15-16)12(17)20-4/h18H,5-9H2,1-4H3. The summed E-state index contributed by atoms with van der Waals surface area (Å²) in [6, 6.07) is 0. The minimum atomic E-state index is -0.858. The van der Waals surface area contributed by atoms with Crippen LogP contribution in [0.4, 0.5) is 0 Å². The van der Waals surface area contributed by atoms with E-state index in [1.807, 2.05) is 13.8 Å². The number of aromatic nitrogens is 3. The van der Waals surface area contributed by atoms with E-state index < -0.39 is 11.6 Å². The van der Waals surface area contributed by atoms with Crippen molar-refractivity contribution in [2.75, 3.05) is 20.8 Å². The maximum atomic E-state index is 11.7. The Hall–Kier alpha value is -1.47. The van der Waals surface area contributed by atoms with Crippen LogP contribution in [0.25, 0.3) is 0 Å². The molecule has 1 aromatic heterocycles. The number of carbonyl (C=O) groups is 1. The number of ether oxygens (including phenoxy) is 2. The molecule has 0 aliphatic carbocycles. The quantitative estimate of drug-likeness (QED) is 0.711. The van der Waals surface area contributed by atoms with Crippen molar-refractivity contribution in [3.05, 3.63) is 11.4 Å². The summed E-state index contributed by atoms with van der Waals surface area (Å²) in [4.78, 5) is 11.7. The fourth-order valence-corrected chi connectivity index (χ4v) is 1.91. The highest BCUT2D eigenvalue weighted by Gasteiger charge is 2.27. The maximum Gasteiger partial charge on any atom is 0.360 e. The monoisotopic (exact) mass is 285 g/mol. The molecule has 0 aromatic carbocycles. The molecule has 1 rings (SSSR count). The third-order valence-electron chi connectivity index (χ3n) is 3.52. The van der Waals surface area contributed by atoms with Crippen LogP contribution < -0.4 is 0 Å². The fraction of sp³-hybridized carbons (Fsp3) is 0.769. The summed E-state index contributed by atoms with van der Waals surface area (Å²) in [6.45, 7) is 4.56. The number of rotatable bonds is 8. The largest absolute Gasteiger partial charge is 0.464 e. The molecule has 0 spiro atoms. The molecule has 0 radical (unpaired) electrons. The van der Waals surface area contributed by atoms with Crippen molar-refractivity contribution < 1.29 is 19.4 Å². The molecule has 7 heteroatoms. The van der Waals surface area contributed by atoms with Crippen molar-refractivity contribution in [3.63, 3.8) is 0 Å². The Bertz CT molecular complexity index is 441. The van der Waals surface area contributed by atoms with Gasteiger partial charge in [0.2, 0.25) is 0 Å². The Morgan fingerprint density at radius 3 is 2.50 bits per heavy atom. The number of nitrogens with zero attached hydrogens (tertiary/aromatic N) is 3. The molecule has 20 heavy (non-hydrogen) atoms.